The Kier molecular flexibility index (Phi) is 43.1. The molecule has 14 heterocycles. The van der Waals surface area contributed by atoms with Crippen molar-refractivity contribution >= 4 is 130 Å². The number of likely N-dealkylation sites (N-methyl/N-ethyl adjacent to an activating group) is 1. The van der Waals surface area contributed by atoms with Gasteiger partial charge in [0.2, 0.25) is 41.4 Å². The molecule has 2 aromatic carbocycles. The molecule has 0 aromatic heterocycles. The number of nitrogens with zero attached hydrogens (tertiary/aromatic N) is 15. The topological polar surface area (TPSA) is 592 Å². The van der Waals surface area contributed by atoms with Gasteiger partial charge in [0.05, 0.1) is 138 Å². The molecule has 0 aliphatic carbocycles. The molecule has 14 aliphatic heterocycles. The van der Waals surface area contributed by atoms with E-state index in [1.165, 1.54) is 133 Å². The van der Waals surface area contributed by atoms with Crippen LogP contribution in [0.15, 0.2) is 54.6 Å². The second kappa shape index (κ2) is 54.7. The van der Waals surface area contributed by atoms with Crippen LogP contribution >= 0.6 is 0 Å². The van der Waals surface area contributed by atoms with Gasteiger partial charge in [-0.2, -0.15) is 35.4 Å². The van der Waals surface area contributed by atoms with Crippen LogP contribution in [0.1, 0.15) is 153 Å². The highest BCUT2D eigenvalue weighted by molar-refractivity contribution is 6.01. The van der Waals surface area contributed by atoms with E-state index < -0.39 is 47.7 Å². The minimum atomic E-state index is -0.550. The fourth-order valence-corrected chi connectivity index (χ4v) is 19.9. The third kappa shape index (κ3) is 29.2. The maximum absolute atomic E-state index is 12.4. The van der Waals surface area contributed by atoms with Crippen LogP contribution in [0.5, 0.6) is 0 Å². The highest BCUT2D eigenvalue weighted by Gasteiger charge is 2.55. The molecule has 149 heavy (non-hydrogen) atoms. The van der Waals surface area contributed by atoms with Crippen LogP contribution in [0.25, 0.3) is 0 Å². The van der Waals surface area contributed by atoms with E-state index in [1.807, 2.05) is 58.2 Å². The number of piperidine rings is 7. The van der Waals surface area contributed by atoms with E-state index in [2.05, 4.69) is 53.3 Å². The molecule has 0 radical (unpaired) electrons. The lowest BCUT2D eigenvalue weighted by atomic mass is 9.91. The van der Waals surface area contributed by atoms with Crippen molar-refractivity contribution in [3.8, 4) is 0 Å². The van der Waals surface area contributed by atoms with Gasteiger partial charge in [0.15, 0.2) is 34.7 Å². The Morgan fingerprint density at radius 1 is 0.336 bits per heavy atom. The summed E-state index contributed by atoms with van der Waals surface area (Å²) in [5.41, 5.74) is 4.42. The molecule has 14 atom stereocenters. The van der Waals surface area contributed by atoms with Crippen LogP contribution in [0.3, 0.4) is 0 Å². The number of fused-ring (bicyclic) bond motifs is 14. The summed E-state index contributed by atoms with van der Waals surface area (Å²) < 4.78 is 0. The first-order valence-corrected chi connectivity index (χ1v) is 50.0. The number of hydrogen-bond donors (Lipinski definition) is 10. The monoisotopic (exact) mass is 2100 g/mol. The number of hydrogen-bond acceptors (Lipinski definition) is 31. The molecule has 0 saturated carbocycles. The van der Waals surface area contributed by atoms with Crippen molar-refractivity contribution in [1.82, 2.24) is 123 Å². The van der Waals surface area contributed by atoms with E-state index in [9.17, 15) is 101 Å². The standard InChI is InChI=1S/C18H24N4O4.C16H19N3O4.C14H23N3O4.C13H22N4O4.C12H20N4O4.C12H19N3O4.C11H18N4O4/c1-19-13-5-3-12(4-6-13)9-15(23)10-20-17(24)16-8-7-14-11-21(16)18(25)22(14)26-2;1-23-19-12-7-8-13(18(10-12)16(19)22)15(21)17-9-14(20)11-5-3-2-4-6-11;1-14(2,3)11(18)7-15-12(19)10-6-5-9-8-16(10)13(20)17(9)21-4;1-14-6-5-10(18)7-15-12(19)11-4-3-9-8-16(11)13(20)17(9)21-2;1-13-5-9(17)6-14-11(18)10-4-3-8-7-15(10)12(19)16(8)20-2;1-3-9(16)6-13-11(17)10-5-4-8-7-14(10)12(18)15(8)19-2;1-7(16)13(2)12-10(17)9-5-4-8-6-14(9)11(18)15(8)19-3/h3-6,14,16,19H,7-11H2,1-2H3,(H,20,24);2-6,12-13H,7-10H2,1H3,(H,17,21);9-10H,5-8H2,1-4H3,(H,15,19);9,11,14H,3-8H2,1-2H3,(H,15,19);8,10,13H,3-7H2,1-2H3,(H,14,18);8,10H,3-7H2,1-2H3,(H,13,17);8-9H,4-6H2,1-3H3,(H,12,17)/t14-,16+;12-,13+;9-,10+;9-,11+;2*8-,10+;8-,9+/m1111111/s1. The van der Waals surface area contributed by atoms with E-state index in [0.29, 0.717) is 135 Å². The predicted octanol–water partition coefficient (Wildman–Crippen LogP) is -0.781. The van der Waals surface area contributed by atoms with Crippen molar-refractivity contribution in [3.63, 3.8) is 0 Å². The number of urea groups is 7. The van der Waals surface area contributed by atoms with Crippen molar-refractivity contribution in [2.45, 2.75) is 228 Å². The van der Waals surface area contributed by atoms with E-state index in [1.54, 1.807) is 45.3 Å². The van der Waals surface area contributed by atoms with Crippen molar-refractivity contribution in [1.29, 1.82) is 0 Å². The quantitative estimate of drug-likeness (QED) is 0.0295. The first-order chi connectivity index (χ1) is 71.1. The van der Waals surface area contributed by atoms with Crippen molar-refractivity contribution in [3.05, 3.63) is 65.7 Å². The van der Waals surface area contributed by atoms with Gasteiger partial charge in [-0.1, -0.05) is 70.2 Å². The summed E-state index contributed by atoms with van der Waals surface area (Å²) >= 11 is 0. The van der Waals surface area contributed by atoms with Crippen LogP contribution in [0, 0.1) is 5.41 Å². The molecule has 22 amide bonds. The first-order valence-electron chi connectivity index (χ1n) is 50.0. The zero-order chi connectivity index (χ0) is 109. The molecule has 53 heteroatoms. The summed E-state index contributed by atoms with van der Waals surface area (Å²) in [7, 11) is 16.9. The van der Waals surface area contributed by atoms with Crippen LogP contribution in [0.4, 0.5) is 39.2 Å². The zero-order valence-electron chi connectivity index (χ0n) is 87.5. The molecule has 53 nitrogen and oxygen atoms in total. The summed E-state index contributed by atoms with van der Waals surface area (Å²) in [6, 6.07) is 10.8. The third-order valence-electron chi connectivity index (χ3n) is 28.2. The van der Waals surface area contributed by atoms with Crippen LogP contribution < -0.4 is 53.3 Å². The van der Waals surface area contributed by atoms with Gasteiger partial charge in [-0.15, -0.1) is 0 Å². The molecule has 10 N–H and O–H groups in total. The molecule has 14 aliphatic rings. The number of carbonyl (C=O) groups excluding carboxylic acids is 21. The molecule has 14 bridgehead atoms. The normalized spacial score (nSPS) is 24.2. The zero-order valence-corrected chi connectivity index (χ0v) is 87.5. The summed E-state index contributed by atoms with van der Waals surface area (Å²) in [6.45, 7) is 12.7. The van der Waals surface area contributed by atoms with Gasteiger partial charge >= 0.3 is 42.2 Å². The lowest BCUT2D eigenvalue weighted by Crippen LogP contribution is -2.54. The Balaban J connectivity index is 0.000000178. The third-order valence-corrected chi connectivity index (χ3v) is 28.2. The molecule has 822 valence electrons. The second-order valence-electron chi connectivity index (χ2n) is 38.7. The number of benzene rings is 2. The fourth-order valence-electron chi connectivity index (χ4n) is 19.9. The Bertz CT molecular complexity index is 5140. The largest absolute Gasteiger partial charge is 0.388 e. The summed E-state index contributed by atoms with van der Waals surface area (Å²) in [5.74, 6) is -2.67. The number of ketones is 6. The van der Waals surface area contributed by atoms with Gasteiger partial charge < -0.3 is 82.2 Å². The highest BCUT2D eigenvalue weighted by atomic mass is 16.7. The van der Waals surface area contributed by atoms with Gasteiger partial charge in [0.25, 0.3) is 5.91 Å². The number of nitrogens with one attached hydrogen (secondary N) is 10. The molecule has 0 spiro atoms. The predicted molar refractivity (Wildman–Crippen MR) is 527 cm³/mol. The number of carbonyl (C=O) groups is 21. The van der Waals surface area contributed by atoms with Crippen molar-refractivity contribution in [2.24, 2.45) is 5.41 Å². The maximum Gasteiger partial charge on any atom is 0.345 e. The van der Waals surface area contributed by atoms with Crippen LogP contribution in [0.2, 0.25) is 0 Å². The number of Topliss-reactive ketones (excluding diaryl/α,β-unsaturated/α-hetero) is 6. The van der Waals surface area contributed by atoms with Gasteiger partial charge in [0.1, 0.15) is 42.3 Å². The minimum Gasteiger partial charge on any atom is -0.388 e. The average molecular weight is 2100 g/mol. The maximum atomic E-state index is 12.4. The molecular weight excluding hydrogens is 1950 g/mol. The van der Waals surface area contributed by atoms with Gasteiger partial charge in [-0.05, 0) is 122 Å². The first kappa shape index (κ1) is 117. The second-order valence-corrected chi connectivity index (χ2v) is 38.7. The number of anilines is 1. The Morgan fingerprint density at radius 2 is 0.611 bits per heavy atom. The van der Waals surface area contributed by atoms with Gasteiger partial charge in [-0.3, -0.25) is 111 Å². The molecular formula is C96H145N25O28. The molecule has 2 aromatic rings. The molecule has 14 fully saturated rings. The van der Waals surface area contributed by atoms with E-state index >= 15 is 0 Å². The van der Waals surface area contributed by atoms with E-state index in [0.717, 1.165) is 41.9 Å². The molecule has 16 rings (SSSR count). The Labute approximate surface area is 864 Å². The van der Waals surface area contributed by atoms with E-state index in [4.69, 9.17) is 33.9 Å². The average Bonchev–Trinajstić information content (AvgIpc) is 1.66. The van der Waals surface area contributed by atoms with E-state index in [-0.39, 0.29) is 219 Å². The highest BCUT2D eigenvalue weighted by Crippen LogP contribution is 2.37. The number of rotatable bonds is 36. The van der Waals surface area contributed by atoms with Crippen molar-refractivity contribution < 1.29 is 135 Å². The summed E-state index contributed by atoms with van der Waals surface area (Å²) in [6.07, 6.45) is 10.1. The molecule has 14 saturated heterocycles. The summed E-state index contributed by atoms with van der Waals surface area (Å²) in [4.78, 5) is 297. The SMILES string of the molecule is CCC(=O)CNC(=O)[C@@H]1CC[C@@H]2CN1C(=O)N2OC.CNCC(=O)CNC(=O)[C@@H]1CC[C@@H]2CN1C(=O)N2OC.CNCCC(=O)CNC(=O)[C@@H]1CC[C@@H]2CN1C(=O)N2OC.CNc1ccc(CC(=O)CNC(=O)[C@@H]2CC[C@@H]3CN2C(=O)N3OC)cc1.CON1C(=O)N2C[C@H]1CC[C@H]2C(=O)NCC(=O)C(C)(C)C.CON1C(=O)N2C[C@H]1CC[C@H]2C(=O)NCC(=O)c1ccccc1.CON1C(=O)N2C[C@H]1CC[C@H]2C(=O)NN(C)C(C)=O. The number of hydrazine groups is 1. The number of amides is 22. The lowest BCUT2D eigenvalue weighted by molar-refractivity contribution is -0.140. The molecule has 0 unspecified atom stereocenters. The van der Waals surface area contributed by atoms with Gasteiger partial charge in [-0.25, -0.2) is 33.6 Å². The van der Waals surface area contributed by atoms with Crippen molar-refractivity contribution in [2.75, 3.05) is 181 Å². The minimum absolute atomic E-state index is 0.00114. The number of hydroxylamine groups is 14. The lowest BCUT2D eigenvalue weighted by Gasteiger charge is -2.30. The van der Waals surface area contributed by atoms with Gasteiger partial charge in [0, 0.05) is 109 Å². The smallest absolute Gasteiger partial charge is 0.345 e. The Morgan fingerprint density at radius 3 is 0.879 bits per heavy atom. The van der Waals surface area contributed by atoms with Crippen LogP contribution in [-0.4, -0.2) is 460 Å². The van der Waals surface area contributed by atoms with Crippen LogP contribution in [-0.2, 0) is 103 Å². The summed E-state index contributed by atoms with van der Waals surface area (Å²) in [5, 5.41) is 34.8. The Hall–Kier alpha value is -13.4. The fraction of sp³-hybridized carbons (Fsp3) is 0.656.